The minimum absolute atomic E-state index is 0.0921. The Labute approximate surface area is 105 Å². The lowest BCUT2D eigenvalue weighted by Gasteiger charge is -2.28. The number of amides is 2. The molecule has 1 atom stereocenters. The molecule has 0 aliphatic carbocycles. The predicted molar refractivity (Wildman–Crippen MR) is 64.6 cm³/mol. The van der Waals surface area contributed by atoms with E-state index in [1.54, 1.807) is 12.1 Å². The fourth-order valence-corrected chi connectivity index (χ4v) is 2.04. The minimum Gasteiger partial charge on any atom is -0.353 e. The van der Waals surface area contributed by atoms with Gasteiger partial charge in [-0.05, 0) is 5.56 Å². The van der Waals surface area contributed by atoms with Gasteiger partial charge in [-0.3, -0.25) is 9.59 Å². The summed E-state index contributed by atoms with van der Waals surface area (Å²) in [6.45, 7) is 1.10. The van der Waals surface area contributed by atoms with Gasteiger partial charge in [-0.1, -0.05) is 30.3 Å². The summed E-state index contributed by atoms with van der Waals surface area (Å²) in [7, 11) is 0. The number of carbonyl (C=O) groups excluding carboxylic acids is 2. The highest BCUT2D eigenvalue weighted by Gasteiger charge is 2.27. The summed E-state index contributed by atoms with van der Waals surface area (Å²) in [4.78, 5) is 24.7. The molecule has 1 aliphatic rings. The van der Waals surface area contributed by atoms with E-state index in [2.05, 4.69) is 5.32 Å². The van der Waals surface area contributed by atoms with Crippen LogP contribution in [0.15, 0.2) is 30.3 Å². The first-order valence-corrected chi connectivity index (χ1v) is 5.86. The molecule has 1 aliphatic heterocycles. The van der Waals surface area contributed by atoms with Gasteiger partial charge in [-0.2, -0.15) is 0 Å². The molecule has 17 heavy (non-hydrogen) atoms. The van der Waals surface area contributed by atoms with Crippen molar-refractivity contribution in [2.75, 3.05) is 19.6 Å². The van der Waals surface area contributed by atoms with Crippen LogP contribution in [0, 0.1) is 0 Å². The van der Waals surface area contributed by atoms with Crippen LogP contribution in [0.4, 0.5) is 0 Å². The van der Waals surface area contributed by atoms with E-state index >= 15 is 0 Å². The number of halogens is 1. The summed E-state index contributed by atoms with van der Waals surface area (Å²) in [5.74, 6) is -0.353. The normalized spacial score (nSPS) is 17.5. The van der Waals surface area contributed by atoms with Crippen molar-refractivity contribution in [3.05, 3.63) is 35.9 Å². The molecule has 1 aromatic rings. The molecule has 0 bridgehead atoms. The monoisotopic (exact) mass is 252 g/mol. The average Bonchev–Trinajstić information content (AvgIpc) is 2.38. The minimum atomic E-state index is -0.720. The molecule has 0 aromatic heterocycles. The Morgan fingerprint density at radius 1 is 1.35 bits per heavy atom. The number of nitrogens with zero attached hydrogens (tertiary/aromatic N) is 1. The van der Waals surface area contributed by atoms with E-state index in [0.717, 1.165) is 5.56 Å². The summed E-state index contributed by atoms with van der Waals surface area (Å²) in [5.41, 5.74) is 0.755. The maximum Gasteiger partial charge on any atom is 0.245 e. The zero-order valence-corrected chi connectivity index (χ0v) is 9.98. The van der Waals surface area contributed by atoms with Crippen molar-refractivity contribution in [3.8, 4) is 0 Å². The Kier molecular flexibility index (Phi) is 3.64. The number of nitrogens with one attached hydrogen (secondary N) is 1. The van der Waals surface area contributed by atoms with Gasteiger partial charge in [0.15, 0.2) is 0 Å². The van der Waals surface area contributed by atoms with Gasteiger partial charge in [0.1, 0.15) is 5.38 Å². The van der Waals surface area contributed by atoms with Crippen LogP contribution in [-0.4, -0.2) is 36.3 Å². The second-order valence-corrected chi connectivity index (χ2v) is 4.32. The molecule has 0 radical (unpaired) electrons. The molecule has 90 valence electrons. The van der Waals surface area contributed by atoms with Crippen molar-refractivity contribution < 1.29 is 9.59 Å². The fourth-order valence-electron chi connectivity index (χ4n) is 1.75. The molecule has 1 fully saturated rings. The molecular formula is C12H13ClN2O2. The Morgan fingerprint density at radius 3 is 2.71 bits per heavy atom. The van der Waals surface area contributed by atoms with E-state index in [0.29, 0.717) is 13.1 Å². The molecule has 1 unspecified atom stereocenters. The number of hydrogen-bond acceptors (Lipinski definition) is 2. The Balaban J connectivity index is 2.07. The Hall–Kier alpha value is -1.55. The fraction of sp³-hybridized carbons (Fsp3) is 0.333. The number of benzene rings is 1. The predicted octanol–water partition coefficient (Wildman–Crippen LogP) is 0.925. The van der Waals surface area contributed by atoms with Crippen LogP contribution in [-0.2, 0) is 9.59 Å². The Morgan fingerprint density at radius 2 is 2.06 bits per heavy atom. The average molecular weight is 253 g/mol. The van der Waals surface area contributed by atoms with Gasteiger partial charge in [-0.15, -0.1) is 11.6 Å². The van der Waals surface area contributed by atoms with E-state index in [-0.39, 0.29) is 18.4 Å². The van der Waals surface area contributed by atoms with E-state index in [9.17, 15) is 9.59 Å². The van der Waals surface area contributed by atoms with Gasteiger partial charge in [0, 0.05) is 13.1 Å². The van der Waals surface area contributed by atoms with Gasteiger partial charge in [0.2, 0.25) is 11.8 Å². The van der Waals surface area contributed by atoms with Crippen molar-refractivity contribution in [1.29, 1.82) is 0 Å². The molecule has 0 saturated carbocycles. The summed E-state index contributed by atoms with van der Waals surface area (Å²) in [6.07, 6.45) is 0. The number of rotatable bonds is 2. The third kappa shape index (κ3) is 2.77. The summed E-state index contributed by atoms with van der Waals surface area (Å²) in [6, 6.07) is 9.15. The quantitative estimate of drug-likeness (QED) is 0.796. The van der Waals surface area contributed by atoms with E-state index in [1.807, 2.05) is 18.2 Å². The van der Waals surface area contributed by atoms with Crippen LogP contribution in [0.3, 0.4) is 0 Å². The maximum atomic E-state index is 12.1. The first kappa shape index (κ1) is 11.9. The standard InChI is InChI=1S/C12H13ClN2O2/c13-11(9-4-2-1-3-5-9)12(17)15-7-6-14-10(16)8-15/h1-5,11H,6-8H2,(H,14,16). The lowest BCUT2D eigenvalue weighted by atomic mass is 10.1. The zero-order chi connectivity index (χ0) is 12.3. The molecule has 0 spiro atoms. The highest BCUT2D eigenvalue weighted by Crippen LogP contribution is 2.22. The molecule has 1 N–H and O–H groups in total. The van der Waals surface area contributed by atoms with Gasteiger partial charge < -0.3 is 10.2 Å². The van der Waals surface area contributed by atoms with Crippen molar-refractivity contribution in [2.45, 2.75) is 5.38 Å². The number of piperazine rings is 1. The second kappa shape index (κ2) is 5.19. The highest BCUT2D eigenvalue weighted by molar-refractivity contribution is 6.30. The van der Waals surface area contributed by atoms with Crippen molar-refractivity contribution in [3.63, 3.8) is 0 Å². The first-order chi connectivity index (χ1) is 8.18. The van der Waals surface area contributed by atoms with Crippen molar-refractivity contribution in [2.24, 2.45) is 0 Å². The highest BCUT2D eigenvalue weighted by atomic mass is 35.5. The number of hydrogen-bond donors (Lipinski definition) is 1. The van der Waals surface area contributed by atoms with Crippen LogP contribution in [0.2, 0.25) is 0 Å². The second-order valence-electron chi connectivity index (χ2n) is 3.88. The summed E-state index contributed by atoms with van der Waals surface area (Å²) in [5, 5.41) is 1.95. The molecular weight excluding hydrogens is 240 g/mol. The summed E-state index contributed by atoms with van der Waals surface area (Å²) < 4.78 is 0. The van der Waals surface area contributed by atoms with Gasteiger partial charge in [0.25, 0.3) is 0 Å². The van der Waals surface area contributed by atoms with Crippen LogP contribution in [0.25, 0.3) is 0 Å². The molecule has 5 heteroatoms. The third-order valence-corrected chi connectivity index (χ3v) is 3.10. The van der Waals surface area contributed by atoms with E-state index in [1.165, 1.54) is 4.90 Å². The maximum absolute atomic E-state index is 12.1. The third-order valence-electron chi connectivity index (χ3n) is 2.66. The lowest BCUT2D eigenvalue weighted by molar-refractivity contribution is -0.138. The molecule has 1 aromatic carbocycles. The van der Waals surface area contributed by atoms with Crippen molar-refractivity contribution >= 4 is 23.4 Å². The zero-order valence-electron chi connectivity index (χ0n) is 9.23. The van der Waals surface area contributed by atoms with Gasteiger partial charge >= 0.3 is 0 Å². The summed E-state index contributed by atoms with van der Waals surface area (Å²) >= 11 is 6.11. The first-order valence-electron chi connectivity index (χ1n) is 5.43. The van der Waals surface area contributed by atoms with Crippen molar-refractivity contribution in [1.82, 2.24) is 10.2 Å². The molecule has 2 amide bonds. The number of carbonyl (C=O) groups is 2. The van der Waals surface area contributed by atoms with Crippen LogP contribution >= 0.6 is 11.6 Å². The number of alkyl halides is 1. The van der Waals surface area contributed by atoms with E-state index in [4.69, 9.17) is 11.6 Å². The smallest absolute Gasteiger partial charge is 0.245 e. The van der Waals surface area contributed by atoms with Gasteiger partial charge in [-0.25, -0.2) is 0 Å². The SMILES string of the molecule is O=C1CN(C(=O)C(Cl)c2ccccc2)CCN1. The molecule has 4 nitrogen and oxygen atoms in total. The topological polar surface area (TPSA) is 49.4 Å². The molecule has 1 saturated heterocycles. The van der Waals surface area contributed by atoms with Crippen LogP contribution in [0.1, 0.15) is 10.9 Å². The Bertz CT molecular complexity index is 422. The molecule has 2 rings (SSSR count). The van der Waals surface area contributed by atoms with Gasteiger partial charge in [0.05, 0.1) is 6.54 Å². The van der Waals surface area contributed by atoms with Crippen LogP contribution < -0.4 is 5.32 Å². The van der Waals surface area contributed by atoms with Crippen LogP contribution in [0.5, 0.6) is 0 Å². The van der Waals surface area contributed by atoms with E-state index < -0.39 is 5.38 Å². The molecule has 1 heterocycles. The largest absolute Gasteiger partial charge is 0.353 e. The lowest BCUT2D eigenvalue weighted by Crippen LogP contribution is -2.50.